The van der Waals surface area contributed by atoms with Crippen LogP contribution in [0.1, 0.15) is 37.9 Å². The molecule has 0 aliphatic rings. The van der Waals surface area contributed by atoms with E-state index >= 15 is 0 Å². The number of carbonyl (C=O) groups is 2. The number of tetrazole rings is 1. The SMILES string of the molecule is Cc1ccc(-c2nnn(CC(=O)N(c3ccc(F)cc3)[C@@H](C(=O)NC(C)(C)C)c3ccncc3)n2)cc1. The number of rotatable bonds is 7. The number of aromatic nitrogens is 5. The van der Waals surface area contributed by atoms with Gasteiger partial charge in [-0.1, -0.05) is 29.8 Å². The van der Waals surface area contributed by atoms with Crippen LogP contribution in [-0.4, -0.2) is 42.5 Å². The lowest BCUT2D eigenvalue weighted by atomic mass is 10.0. The van der Waals surface area contributed by atoms with E-state index in [1.165, 1.54) is 34.0 Å². The standard InChI is InChI=1S/C27H28FN7O2/c1-18-5-7-20(8-6-18)25-31-33-34(32-25)17-23(36)35(22-11-9-21(28)10-12-22)24(19-13-15-29-16-14-19)26(37)30-27(2,3)4/h5-16,24H,17H2,1-4H3,(H,30,37)/t24-/m1/s1. The molecule has 2 aromatic heterocycles. The molecule has 4 rings (SSSR count). The molecule has 4 aromatic rings. The summed E-state index contributed by atoms with van der Waals surface area (Å²) in [6.45, 7) is 7.24. The maximum Gasteiger partial charge on any atom is 0.251 e. The van der Waals surface area contributed by atoms with E-state index in [1.54, 1.807) is 24.5 Å². The fourth-order valence-corrected chi connectivity index (χ4v) is 3.77. The molecule has 9 nitrogen and oxygen atoms in total. The molecule has 1 atom stereocenters. The predicted octanol–water partition coefficient (Wildman–Crippen LogP) is 3.87. The number of carbonyl (C=O) groups excluding carboxylic acids is 2. The molecule has 0 unspecified atom stereocenters. The van der Waals surface area contributed by atoms with Crippen molar-refractivity contribution in [2.75, 3.05) is 4.90 Å². The van der Waals surface area contributed by atoms with Crippen molar-refractivity contribution in [3.05, 3.63) is 90.0 Å². The van der Waals surface area contributed by atoms with Gasteiger partial charge >= 0.3 is 0 Å². The lowest BCUT2D eigenvalue weighted by molar-refractivity contribution is -0.128. The molecule has 0 aliphatic carbocycles. The molecule has 190 valence electrons. The van der Waals surface area contributed by atoms with Crippen molar-refractivity contribution in [3.63, 3.8) is 0 Å². The van der Waals surface area contributed by atoms with Gasteiger partial charge in [0.2, 0.25) is 11.7 Å². The van der Waals surface area contributed by atoms with Gasteiger partial charge in [-0.2, -0.15) is 4.80 Å². The third-order valence-corrected chi connectivity index (χ3v) is 5.44. The third-order valence-electron chi connectivity index (χ3n) is 5.44. The van der Waals surface area contributed by atoms with Crippen LogP contribution in [-0.2, 0) is 16.1 Å². The van der Waals surface area contributed by atoms with Crippen LogP contribution in [0.25, 0.3) is 11.4 Å². The summed E-state index contributed by atoms with van der Waals surface area (Å²) in [5.74, 6) is -0.970. The molecule has 1 N–H and O–H groups in total. The summed E-state index contributed by atoms with van der Waals surface area (Å²) in [5, 5.41) is 15.4. The fourth-order valence-electron chi connectivity index (χ4n) is 3.77. The maximum absolute atomic E-state index is 13.8. The summed E-state index contributed by atoms with van der Waals surface area (Å²) < 4.78 is 13.8. The Hall–Kier alpha value is -4.47. The number of anilines is 1. The minimum atomic E-state index is -1.06. The zero-order valence-electron chi connectivity index (χ0n) is 21.1. The molecule has 2 amide bonds. The van der Waals surface area contributed by atoms with Gasteiger partial charge in [-0.15, -0.1) is 10.2 Å². The van der Waals surface area contributed by atoms with Gasteiger partial charge in [0.25, 0.3) is 5.91 Å². The molecule has 0 radical (unpaired) electrons. The van der Waals surface area contributed by atoms with Crippen molar-refractivity contribution in [2.45, 2.75) is 45.8 Å². The Morgan fingerprint density at radius 2 is 1.65 bits per heavy atom. The minimum absolute atomic E-state index is 0.291. The Morgan fingerprint density at radius 1 is 1.00 bits per heavy atom. The molecule has 2 heterocycles. The second-order valence-electron chi connectivity index (χ2n) is 9.67. The van der Waals surface area contributed by atoms with Gasteiger partial charge in [-0.25, -0.2) is 4.39 Å². The lowest BCUT2D eigenvalue weighted by Crippen LogP contribution is -2.50. The number of aryl methyl sites for hydroxylation is 1. The summed E-state index contributed by atoms with van der Waals surface area (Å²) in [6.07, 6.45) is 3.10. The molecule has 0 aliphatic heterocycles. The average Bonchev–Trinajstić information content (AvgIpc) is 3.31. The van der Waals surface area contributed by atoms with Crippen molar-refractivity contribution in [1.82, 2.24) is 30.5 Å². The summed E-state index contributed by atoms with van der Waals surface area (Å²) in [5.41, 5.74) is 2.18. The topological polar surface area (TPSA) is 106 Å². The van der Waals surface area contributed by atoms with Crippen molar-refractivity contribution in [2.24, 2.45) is 0 Å². The molecule has 0 saturated carbocycles. The molecule has 37 heavy (non-hydrogen) atoms. The van der Waals surface area contributed by atoms with E-state index in [0.29, 0.717) is 17.1 Å². The maximum atomic E-state index is 13.8. The highest BCUT2D eigenvalue weighted by atomic mass is 19.1. The highest BCUT2D eigenvalue weighted by Gasteiger charge is 2.34. The Kier molecular flexibility index (Phi) is 7.37. The highest BCUT2D eigenvalue weighted by Crippen LogP contribution is 2.29. The van der Waals surface area contributed by atoms with Gasteiger partial charge < -0.3 is 5.32 Å². The summed E-state index contributed by atoms with van der Waals surface area (Å²) >= 11 is 0. The van der Waals surface area contributed by atoms with Gasteiger partial charge in [0.15, 0.2) is 0 Å². The van der Waals surface area contributed by atoms with Gasteiger partial charge in [-0.3, -0.25) is 19.5 Å². The number of pyridine rings is 1. The van der Waals surface area contributed by atoms with Crippen LogP contribution >= 0.6 is 0 Å². The molecule has 0 spiro atoms. The number of nitrogens with zero attached hydrogens (tertiary/aromatic N) is 6. The van der Waals surface area contributed by atoms with Gasteiger partial charge in [0, 0.05) is 29.2 Å². The first kappa shape index (κ1) is 25.6. The first-order chi connectivity index (χ1) is 17.6. The monoisotopic (exact) mass is 501 g/mol. The van der Waals surface area contributed by atoms with Gasteiger partial charge in [0.05, 0.1) is 0 Å². The molecule has 0 bridgehead atoms. The van der Waals surface area contributed by atoms with Gasteiger partial charge in [0.1, 0.15) is 18.4 Å². The van der Waals surface area contributed by atoms with Crippen molar-refractivity contribution in [3.8, 4) is 11.4 Å². The lowest BCUT2D eigenvalue weighted by Gasteiger charge is -2.33. The quantitative estimate of drug-likeness (QED) is 0.412. The molecule has 2 aromatic carbocycles. The van der Waals surface area contributed by atoms with Crippen LogP contribution in [0, 0.1) is 12.7 Å². The zero-order valence-corrected chi connectivity index (χ0v) is 21.1. The first-order valence-electron chi connectivity index (χ1n) is 11.8. The summed E-state index contributed by atoms with van der Waals surface area (Å²) in [7, 11) is 0. The van der Waals surface area contributed by atoms with Crippen molar-refractivity contribution >= 4 is 17.5 Å². The molecular weight excluding hydrogens is 473 g/mol. The Labute approximate surface area is 214 Å². The fraction of sp³-hybridized carbons (Fsp3) is 0.259. The van der Waals surface area contributed by atoms with Crippen LogP contribution in [0.4, 0.5) is 10.1 Å². The zero-order chi connectivity index (χ0) is 26.6. The second kappa shape index (κ2) is 10.7. The molecular formula is C27H28FN7O2. The van der Waals surface area contributed by atoms with Crippen LogP contribution in [0.5, 0.6) is 0 Å². The average molecular weight is 502 g/mol. The van der Waals surface area contributed by atoms with E-state index in [0.717, 1.165) is 11.1 Å². The normalized spacial score (nSPS) is 12.1. The number of nitrogens with one attached hydrogen (secondary N) is 1. The molecule has 0 fully saturated rings. The number of hydrogen-bond donors (Lipinski definition) is 1. The Balaban J connectivity index is 1.72. The van der Waals surface area contributed by atoms with Crippen molar-refractivity contribution < 1.29 is 14.0 Å². The van der Waals surface area contributed by atoms with Crippen molar-refractivity contribution in [1.29, 1.82) is 0 Å². The van der Waals surface area contributed by atoms with E-state index < -0.39 is 29.2 Å². The number of amides is 2. The van der Waals surface area contributed by atoms with Gasteiger partial charge in [-0.05, 0) is 74.9 Å². The second-order valence-corrected chi connectivity index (χ2v) is 9.67. The largest absolute Gasteiger partial charge is 0.349 e. The Bertz CT molecular complexity index is 1360. The van der Waals surface area contributed by atoms with E-state index in [4.69, 9.17) is 0 Å². The Morgan fingerprint density at radius 3 is 2.27 bits per heavy atom. The van der Waals surface area contributed by atoms with E-state index in [9.17, 15) is 14.0 Å². The highest BCUT2D eigenvalue weighted by molar-refractivity contribution is 6.01. The number of hydrogen-bond acceptors (Lipinski definition) is 6. The summed E-state index contributed by atoms with van der Waals surface area (Å²) in [4.78, 5) is 33.9. The van der Waals surface area contributed by atoms with E-state index in [1.807, 2.05) is 52.0 Å². The molecule has 10 heteroatoms. The smallest absolute Gasteiger partial charge is 0.251 e. The number of benzene rings is 2. The van der Waals surface area contributed by atoms with Crippen LogP contribution in [0.15, 0.2) is 73.1 Å². The van der Waals surface area contributed by atoms with E-state index in [-0.39, 0.29) is 6.54 Å². The van der Waals surface area contributed by atoms with Crippen LogP contribution in [0.2, 0.25) is 0 Å². The van der Waals surface area contributed by atoms with Crippen LogP contribution in [0.3, 0.4) is 0 Å². The predicted molar refractivity (Wildman–Crippen MR) is 137 cm³/mol. The third kappa shape index (κ3) is 6.40. The minimum Gasteiger partial charge on any atom is -0.349 e. The molecule has 0 saturated heterocycles. The number of halogens is 1. The van der Waals surface area contributed by atoms with E-state index in [2.05, 4.69) is 25.7 Å². The van der Waals surface area contributed by atoms with Crippen LogP contribution < -0.4 is 10.2 Å². The summed E-state index contributed by atoms with van der Waals surface area (Å²) in [6, 6.07) is 15.3. The first-order valence-corrected chi connectivity index (χ1v) is 11.8.